The Bertz CT molecular complexity index is 566. The molecule has 5 nitrogen and oxygen atoms in total. The summed E-state index contributed by atoms with van der Waals surface area (Å²) < 4.78 is 5.11. The Morgan fingerprint density at radius 2 is 2.00 bits per heavy atom. The van der Waals surface area contributed by atoms with Crippen LogP contribution in [0.25, 0.3) is 10.6 Å². The first-order chi connectivity index (χ1) is 9.15. The van der Waals surface area contributed by atoms with E-state index in [1.807, 2.05) is 31.2 Å². The average Bonchev–Trinajstić information content (AvgIpc) is 2.95. The van der Waals surface area contributed by atoms with Crippen LogP contribution in [0.1, 0.15) is 13.3 Å². The smallest absolute Gasteiger partial charge is 0.228 e. The van der Waals surface area contributed by atoms with Crippen LogP contribution in [0, 0.1) is 0 Å². The molecule has 0 atom stereocenters. The third-order valence-corrected chi connectivity index (χ3v) is 3.76. The number of rotatable bonds is 4. The Kier molecular flexibility index (Phi) is 4.11. The Hall–Kier alpha value is -1.95. The van der Waals surface area contributed by atoms with Gasteiger partial charge in [-0.15, -0.1) is 10.2 Å². The molecule has 0 aliphatic heterocycles. The predicted molar refractivity (Wildman–Crippen MR) is 75.6 cm³/mol. The largest absolute Gasteiger partial charge is 0.497 e. The minimum atomic E-state index is 0.0254. The summed E-state index contributed by atoms with van der Waals surface area (Å²) in [5.41, 5.74) is 0.960. The van der Waals surface area contributed by atoms with Gasteiger partial charge in [-0.3, -0.25) is 9.69 Å². The Labute approximate surface area is 115 Å². The van der Waals surface area contributed by atoms with Crippen molar-refractivity contribution in [2.75, 3.05) is 19.1 Å². The maximum Gasteiger partial charge on any atom is 0.228 e. The molecule has 0 fully saturated rings. The number of carbonyl (C=O) groups excluding carboxylic acids is 1. The van der Waals surface area contributed by atoms with E-state index in [4.69, 9.17) is 4.74 Å². The van der Waals surface area contributed by atoms with Gasteiger partial charge in [0.15, 0.2) is 0 Å². The van der Waals surface area contributed by atoms with Gasteiger partial charge in [-0.1, -0.05) is 18.3 Å². The molecule has 0 unspecified atom stereocenters. The van der Waals surface area contributed by atoms with Crippen molar-refractivity contribution in [2.24, 2.45) is 0 Å². The number of aromatic nitrogens is 2. The summed E-state index contributed by atoms with van der Waals surface area (Å²) in [4.78, 5) is 13.1. The minimum Gasteiger partial charge on any atom is -0.497 e. The summed E-state index contributed by atoms with van der Waals surface area (Å²) in [6.45, 7) is 1.82. The second kappa shape index (κ2) is 5.79. The lowest BCUT2D eigenvalue weighted by atomic mass is 10.2. The molecule has 1 heterocycles. The van der Waals surface area contributed by atoms with E-state index < -0.39 is 0 Å². The SMILES string of the molecule is CCC(=O)N(C)c1nnc(-c2ccc(OC)cc2)s1. The molecular formula is C13H15N3O2S. The summed E-state index contributed by atoms with van der Waals surface area (Å²) in [6.07, 6.45) is 0.452. The molecule has 100 valence electrons. The quantitative estimate of drug-likeness (QED) is 0.862. The number of carbonyl (C=O) groups is 1. The number of amides is 1. The number of ether oxygens (including phenoxy) is 1. The summed E-state index contributed by atoms with van der Waals surface area (Å²) in [5, 5.41) is 9.55. The number of benzene rings is 1. The van der Waals surface area contributed by atoms with Gasteiger partial charge in [0.1, 0.15) is 10.8 Å². The molecule has 0 bridgehead atoms. The lowest BCUT2D eigenvalue weighted by molar-refractivity contribution is -0.118. The molecule has 0 aliphatic rings. The van der Waals surface area contributed by atoms with E-state index in [1.165, 1.54) is 16.2 Å². The molecule has 0 N–H and O–H groups in total. The zero-order valence-electron chi connectivity index (χ0n) is 11.1. The van der Waals surface area contributed by atoms with Crippen molar-refractivity contribution in [1.82, 2.24) is 10.2 Å². The van der Waals surface area contributed by atoms with E-state index in [1.54, 1.807) is 14.2 Å². The number of hydrogen-bond donors (Lipinski definition) is 0. The number of anilines is 1. The highest BCUT2D eigenvalue weighted by atomic mass is 32.1. The van der Waals surface area contributed by atoms with E-state index in [2.05, 4.69) is 10.2 Å². The second-order valence-corrected chi connectivity index (χ2v) is 4.88. The average molecular weight is 277 g/mol. The third-order valence-electron chi connectivity index (χ3n) is 2.71. The molecule has 2 aromatic rings. The van der Waals surface area contributed by atoms with Crippen LogP contribution >= 0.6 is 11.3 Å². The van der Waals surface area contributed by atoms with Crippen molar-refractivity contribution in [3.63, 3.8) is 0 Å². The van der Waals surface area contributed by atoms with E-state index >= 15 is 0 Å². The fourth-order valence-electron chi connectivity index (χ4n) is 1.55. The van der Waals surface area contributed by atoms with Crippen LogP contribution in [0.15, 0.2) is 24.3 Å². The molecule has 1 aromatic carbocycles. The predicted octanol–water partition coefficient (Wildman–Crippen LogP) is 2.59. The van der Waals surface area contributed by atoms with Crippen molar-refractivity contribution >= 4 is 22.4 Å². The minimum absolute atomic E-state index is 0.0254. The molecule has 0 spiro atoms. The summed E-state index contributed by atoms with van der Waals surface area (Å²) in [7, 11) is 3.34. The summed E-state index contributed by atoms with van der Waals surface area (Å²) >= 11 is 1.39. The third kappa shape index (κ3) is 2.90. The van der Waals surface area contributed by atoms with Gasteiger partial charge in [-0.05, 0) is 24.3 Å². The van der Waals surface area contributed by atoms with E-state index in [0.29, 0.717) is 11.6 Å². The van der Waals surface area contributed by atoms with Crippen LogP contribution in [0.4, 0.5) is 5.13 Å². The van der Waals surface area contributed by atoms with Crippen LogP contribution in [-0.2, 0) is 4.79 Å². The topological polar surface area (TPSA) is 55.3 Å². The lowest BCUT2D eigenvalue weighted by Gasteiger charge is -2.10. The van der Waals surface area contributed by atoms with Gasteiger partial charge < -0.3 is 4.74 Å². The Morgan fingerprint density at radius 3 is 2.58 bits per heavy atom. The molecule has 0 saturated carbocycles. The number of hydrogen-bond acceptors (Lipinski definition) is 5. The fraction of sp³-hybridized carbons (Fsp3) is 0.308. The molecule has 0 saturated heterocycles. The van der Waals surface area contributed by atoms with E-state index in [9.17, 15) is 4.79 Å². The standard InChI is InChI=1S/C13H15N3O2S/c1-4-11(17)16(2)13-15-14-12(19-13)9-5-7-10(18-3)8-6-9/h5-8H,4H2,1-3H3. The van der Waals surface area contributed by atoms with Crippen LogP contribution in [0.5, 0.6) is 5.75 Å². The molecule has 1 amide bonds. The van der Waals surface area contributed by atoms with Crippen LogP contribution < -0.4 is 9.64 Å². The number of methoxy groups -OCH3 is 1. The summed E-state index contributed by atoms with van der Waals surface area (Å²) in [6, 6.07) is 7.59. The summed E-state index contributed by atoms with van der Waals surface area (Å²) in [5.74, 6) is 0.823. The first kappa shape index (κ1) is 13.5. The molecular weight excluding hydrogens is 262 g/mol. The van der Waals surface area contributed by atoms with Crippen molar-refractivity contribution in [2.45, 2.75) is 13.3 Å². The normalized spacial score (nSPS) is 10.3. The van der Waals surface area contributed by atoms with Gasteiger partial charge in [-0.25, -0.2) is 0 Å². The van der Waals surface area contributed by atoms with Crippen LogP contribution in [-0.4, -0.2) is 30.3 Å². The maximum absolute atomic E-state index is 11.6. The molecule has 2 rings (SSSR count). The molecule has 0 aliphatic carbocycles. The first-order valence-electron chi connectivity index (χ1n) is 5.90. The zero-order valence-corrected chi connectivity index (χ0v) is 11.9. The van der Waals surface area contributed by atoms with Crippen molar-refractivity contribution in [3.8, 4) is 16.3 Å². The Morgan fingerprint density at radius 1 is 1.32 bits per heavy atom. The van der Waals surface area contributed by atoms with E-state index in [0.717, 1.165) is 16.3 Å². The molecule has 1 aromatic heterocycles. The van der Waals surface area contributed by atoms with Gasteiger partial charge in [0, 0.05) is 19.0 Å². The van der Waals surface area contributed by atoms with Crippen LogP contribution in [0.2, 0.25) is 0 Å². The number of nitrogens with zero attached hydrogens (tertiary/aromatic N) is 3. The highest BCUT2D eigenvalue weighted by Gasteiger charge is 2.14. The fourth-order valence-corrected chi connectivity index (χ4v) is 2.37. The monoisotopic (exact) mass is 277 g/mol. The van der Waals surface area contributed by atoms with Crippen LogP contribution in [0.3, 0.4) is 0 Å². The van der Waals surface area contributed by atoms with Gasteiger partial charge in [0.25, 0.3) is 0 Å². The second-order valence-electron chi connectivity index (χ2n) is 3.92. The molecule has 0 radical (unpaired) electrons. The highest BCUT2D eigenvalue weighted by molar-refractivity contribution is 7.18. The van der Waals surface area contributed by atoms with Crippen molar-refractivity contribution in [3.05, 3.63) is 24.3 Å². The van der Waals surface area contributed by atoms with Gasteiger partial charge in [0.2, 0.25) is 11.0 Å². The van der Waals surface area contributed by atoms with Gasteiger partial charge >= 0.3 is 0 Å². The first-order valence-corrected chi connectivity index (χ1v) is 6.71. The van der Waals surface area contributed by atoms with Gasteiger partial charge in [-0.2, -0.15) is 0 Å². The van der Waals surface area contributed by atoms with Gasteiger partial charge in [0.05, 0.1) is 7.11 Å². The molecule has 6 heteroatoms. The lowest BCUT2D eigenvalue weighted by Crippen LogP contribution is -2.24. The molecule has 19 heavy (non-hydrogen) atoms. The highest BCUT2D eigenvalue weighted by Crippen LogP contribution is 2.29. The Balaban J connectivity index is 2.22. The maximum atomic E-state index is 11.6. The van der Waals surface area contributed by atoms with Crippen molar-refractivity contribution < 1.29 is 9.53 Å². The van der Waals surface area contributed by atoms with Crippen molar-refractivity contribution in [1.29, 1.82) is 0 Å². The zero-order chi connectivity index (χ0) is 13.8. The van der Waals surface area contributed by atoms with E-state index in [-0.39, 0.29) is 5.91 Å².